The Labute approximate surface area is 132 Å². The van der Waals surface area contributed by atoms with E-state index in [2.05, 4.69) is 17.0 Å². The van der Waals surface area contributed by atoms with Gasteiger partial charge in [0, 0.05) is 24.0 Å². The zero-order valence-electron chi connectivity index (χ0n) is 13.1. The van der Waals surface area contributed by atoms with E-state index in [1.165, 1.54) is 0 Å². The summed E-state index contributed by atoms with van der Waals surface area (Å²) in [7, 11) is -1.63. The second kappa shape index (κ2) is 6.18. The van der Waals surface area contributed by atoms with Crippen LogP contribution in [0.5, 0.6) is 0 Å². The number of nitrogens with one attached hydrogen (secondary N) is 2. The van der Waals surface area contributed by atoms with Crippen LogP contribution in [0.25, 0.3) is 0 Å². The van der Waals surface area contributed by atoms with Gasteiger partial charge in [0.2, 0.25) is 10.0 Å². The van der Waals surface area contributed by atoms with Crippen molar-refractivity contribution in [2.45, 2.75) is 43.3 Å². The normalized spacial score (nSPS) is 22.5. The van der Waals surface area contributed by atoms with E-state index in [0.717, 1.165) is 35.4 Å². The minimum absolute atomic E-state index is 0.0276. The van der Waals surface area contributed by atoms with E-state index in [1.54, 1.807) is 0 Å². The molecule has 1 fully saturated rings. The molecule has 21 heavy (non-hydrogen) atoms. The Morgan fingerprint density at radius 1 is 1.29 bits per heavy atom. The molecular weight excluding hydrogens is 304 g/mol. The third-order valence-electron chi connectivity index (χ3n) is 3.95. The van der Waals surface area contributed by atoms with Crippen LogP contribution < -0.4 is 10.0 Å². The van der Waals surface area contributed by atoms with E-state index in [9.17, 15) is 8.42 Å². The maximum Gasteiger partial charge on any atom is 0.241 e. The molecule has 0 spiro atoms. The van der Waals surface area contributed by atoms with Gasteiger partial charge in [0.1, 0.15) is 0 Å². The molecule has 0 saturated carbocycles. The fourth-order valence-corrected chi connectivity index (χ4v) is 5.77. The molecule has 0 aromatic heterocycles. The molecule has 0 amide bonds. The third-order valence-corrected chi connectivity index (χ3v) is 7.20. The van der Waals surface area contributed by atoms with Gasteiger partial charge >= 0.3 is 0 Å². The van der Waals surface area contributed by atoms with E-state index < -0.39 is 10.0 Å². The highest BCUT2D eigenvalue weighted by Gasteiger charge is 2.31. The standard InChI is InChI=1S/C15H24N2O2S2/c1-11-8-13(16-4)9-12(2)14(11)21(18,19)17-10-15(3)6-5-7-20-15/h8-9,16-17H,5-7,10H2,1-4H3. The highest BCUT2D eigenvalue weighted by atomic mass is 32.2. The highest BCUT2D eigenvalue weighted by molar-refractivity contribution is 8.01. The summed E-state index contributed by atoms with van der Waals surface area (Å²) in [6.07, 6.45) is 2.23. The summed E-state index contributed by atoms with van der Waals surface area (Å²) in [5.74, 6) is 1.12. The maximum absolute atomic E-state index is 12.6. The minimum Gasteiger partial charge on any atom is -0.388 e. The van der Waals surface area contributed by atoms with E-state index in [-0.39, 0.29) is 4.75 Å². The van der Waals surface area contributed by atoms with Gasteiger partial charge in [0.15, 0.2) is 0 Å². The molecule has 2 N–H and O–H groups in total. The van der Waals surface area contributed by atoms with E-state index in [4.69, 9.17) is 0 Å². The van der Waals surface area contributed by atoms with Crippen LogP contribution in [-0.4, -0.2) is 32.5 Å². The Morgan fingerprint density at radius 3 is 2.38 bits per heavy atom. The van der Waals surface area contributed by atoms with Crippen LogP contribution in [-0.2, 0) is 10.0 Å². The summed E-state index contributed by atoms with van der Waals surface area (Å²) in [6, 6.07) is 3.74. The first-order valence-corrected chi connectivity index (χ1v) is 9.67. The first-order valence-electron chi connectivity index (χ1n) is 7.20. The molecule has 2 rings (SSSR count). The minimum atomic E-state index is -3.46. The van der Waals surface area contributed by atoms with Crippen LogP contribution >= 0.6 is 11.8 Å². The van der Waals surface area contributed by atoms with Gasteiger partial charge in [-0.25, -0.2) is 13.1 Å². The monoisotopic (exact) mass is 328 g/mol. The maximum atomic E-state index is 12.6. The molecule has 1 aliphatic rings. The highest BCUT2D eigenvalue weighted by Crippen LogP contribution is 2.37. The molecule has 1 atom stereocenters. The summed E-state index contributed by atoms with van der Waals surface area (Å²) in [5.41, 5.74) is 2.48. The molecule has 1 aromatic rings. The molecule has 0 aliphatic carbocycles. The van der Waals surface area contributed by atoms with Crippen molar-refractivity contribution in [3.8, 4) is 0 Å². The van der Waals surface area contributed by atoms with E-state index in [0.29, 0.717) is 11.4 Å². The molecule has 118 valence electrons. The van der Waals surface area contributed by atoms with Crippen molar-refractivity contribution in [1.82, 2.24) is 4.72 Å². The van der Waals surface area contributed by atoms with Crippen LogP contribution in [0.2, 0.25) is 0 Å². The Hall–Kier alpha value is -0.720. The second-order valence-electron chi connectivity index (χ2n) is 5.92. The molecule has 0 bridgehead atoms. The average molecular weight is 329 g/mol. The van der Waals surface area contributed by atoms with Gasteiger partial charge in [0.25, 0.3) is 0 Å². The van der Waals surface area contributed by atoms with Crippen LogP contribution in [0, 0.1) is 13.8 Å². The Bertz CT molecular complexity index is 598. The van der Waals surface area contributed by atoms with Gasteiger partial charge in [-0.2, -0.15) is 11.8 Å². The topological polar surface area (TPSA) is 58.2 Å². The first-order chi connectivity index (χ1) is 9.77. The number of hydrogen-bond donors (Lipinski definition) is 2. The molecule has 1 unspecified atom stereocenters. The number of sulfonamides is 1. The smallest absolute Gasteiger partial charge is 0.241 e. The molecule has 4 nitrogen and oxygen atoms in total. The summed E-state index contributed by atoms with van der Waals surface area (Å²) in [6.45, 7) is 6.31. The summed E-state index contributed by atoms with van der Waals surface area (Å²) in [4.78, 5) is 0.410. The lowest BCUT2D eigenvalue weighted by atomic mass is 10.1. The Kier molecular flexibility index (Phi) is 4.90. The summed E-state index contributed by atoms with van der Waals surface area (Å²) in [5, 5.41) is 3.05. The number of aryl methyl sites for hydroxylation is 2. The number of anilines is 1. The molecule has 1 aromatic carbocycles. The van der Waals surface area contributed by atoms with Gasteiger partial charge < -0.3 is 5.32 Å². The van der Waals surface area contributed by atoms with Crippen molar-refractivity contribution in [1.29, 1.82) is 0 Å². The van der Waals surface area contributed by atoms with Gasteiger partial charge in [-0.3, -0.25) is 0 Å². The molecule has 0 radical (unpaired) electrons. The van der Waals surface area contributed by atoms with Gasteiger partial charge in [-0.15, -0.1) is 0 Å². The Morgan fingerprint density at radius 2 is 1.90 bits per heavy atom. The van der Waals surface area contributed by atoms with Crippen molar-refractivity contribution in [3.63, 3.8) is 0 Å². The third kappa shape index (κ3) is 3.73. The van der Waals surface area contributed by atoms with E-state index in [1.807, 2.05) is 44.8 Å². The van der Waals surface area contributed by atoms with Crippen LogP contribution in [0.1, 0.15) is 30.9 Å². The first kappa shape index (κ1) is 16.6. The SMILES string of the molecule is CNc1cc(C)c(S(=O)(=O)NCC2(C)CCCS2)c(C)c1. The van der Waals surface area contributed by atoms with E-state index >= 15 is 0 Å². The lowest BCUT2D eigenvalue weighted by molar-refractivity contribution is 0.551. The molecule has 1 heterocycles. The van der Waals surface area contributed by atoms with Gasteiger partial charge in [-0.05, 0) is 62.6 Å². The fourth-order valence-electron chi connectivity index (χ4n) is 2.81. The molecule has 1 aliphatic heterocycles. The lowest BCUT2D eigenvalue weighted by Gasteiger charge is -2.23. The van der Waals surface area contributed by atoms with Crippen molar-refractivity contribution in [2.24, 2.45) is 0 Å². The number of rotatable bonds is 5. The van der Waals surface area contributed by atoms with Gasteiger partial charge in [-0.1, -0.05) is 0 Å². The van der Waals surface area contributed by atoms with Crippen LogP contribution in [0.15, 0.2) is 17.0 Å². The zero-order chi connectivity index (χ0) is 15.7. The molecule has 6 heteroatoms. The van der Waals surface area contributed by atoms with Crippen molar-refractivity contribution in [2.75, 3.05) is 24.7 Å². The number of thioether (sulfide) groups is 1. The lowest BCUT2D eigenvalue weighted by Crippen LogP contribution is -2.37. The van der Waals surface area contributed by atoms with Crippen molar-refractivity contribution in [3.05, 3.63) is 23.3 Å². The summed E-state index contributed by atoms with van der Waals surface area (Å²) < 4.78 is 28.1. The van der Waals surface area contributed by atoms with Crippen molar-refractivity contribution < 1.29 is 8.42 Å². The zero-order valence-corrected chi connectivity index (χ0v) is 14.7. The van der Waals surface area contributed by atoms with Crippen molar-refractivity contribution >= 4 is 27.5 Å². The van der Waals surface area contributed by atoms with Crippen LogP contribution in [0.4, 0.5) is 5.69 Å². The predicted octanol–water partition coefficient (Wildman–Crippen LogP) is 2.91. The second-order valence-corrected chi connectivity index (χ2v) is 9.30. The van der Waals surface area contributed by atoms with Crippen LogP contribution in [0.3, 0.4) is 0 Å². The largest absolute Gasteiger partial charge is 0.388 e. The van der Waals surface area contributed by atoms with Gasteiger partial charge in [0.05, 0.1) is 4.90 Å². The quantitative estimate of drug-likeness (QED) is 0.872. The number of hydrogen-bond acceptors (Lipinski definition) is 4. The average Bonchev–Trinajstić information content (AvgIpc) is 2.83. The molecular formula is C15H24N2O2S2. The predicted molar refractivity (Wildman–Crippen MR) is 90.7 cm³/mol. The fraction of sp³-hybridized carbons (Fsp3) is 0.600. The summed E-state index contributed by atoms with van der Waals surface area (Å²) >= 11 is 1.86. The Balaban J connectivity index is 2.23. The molecule has 1 saturated heterocycles. The number of benzene rings is 1.